The zero-order chi connectivity index (χ0) is 17.3. The molecule has 0 fully saturated rings. The number of rotatable bonds is 15. The highest BCUT2D eigenvalue weighted by molar-refractivity contribution is 5.81. The van der Waals surface area contributed by atoms with Crippen molar-refractivity contribution < 1.29 is 19.8 Å². The van der Waals surface area contributed by atoms with Crippen LogP contribution in [0.3, 0.4) is 0 Å². The van der Waals surface area contributed by atoms with Crippen LogP contribution in [0.1, 0.15) is 77.6 Å². The molecule has 0 aliphatic rings. The van der Waals surface area contributed by atoms with E-state index in [1.165, 1.54) is 32.1 Å². The lowest BCUT2D eigenvalue weighted by Gasteiger charge is -2.09. The van der Waals surface area contributed by atoms with Crippen molar-refractivity contribution in [1.29, 1.82) is 0 Å². The lowest BCUT2D eigenvalue weighted by Crippen LogP contribution is -2.31. The van der Waals surface area contributed by atoms with E-state index in [1.54, 1.807) is 0 Å². The summed E-state index contributed by atoms with van der Waals surface area (Å²) in [5.41, 5.74) is 0. The molecule has 0 saturated heterocycles. The number of hydrogen-bond donors (Lipinski definition) is 3. The number of amides is 1. The van der Waals surface area contributed by atoms with Crippen LogP contribution in [0.25, 0.3) is 0 Å². The Hall–Kier alpha value is -1.36. The number of nitrogens with one attached hydrogen (secondary N) is 1. The van der Waals surface area contributed by atoms with Crippen LogP contribution >= 0.6 is 0 Å². The highest BCUT2D eigenvalue weighted by Gasteiger charge is 2.11. The van der Waals surface area contributed by atoms with Gasteiger partial charge in [-0.1, -0.05) is 51.2 Å². The predicted octanol–water partition coefficient (Wildman–Crippen LogP) is 3.42. The lowest BCUT2D eigenvalue weighted by atomic mass is 10.1. The van der Waals surface area contributed by atoms with Crippen molar-refractivity contribution in [2.45, 2.75) is 83.7 Å². The molecule has 0 aromatic carbocycles. The molecule has 0 aliphatic heterocycles. The topological polar surface area (TPSA) is 86.6 Å². The average Bonchev–Trinajstić information content (AvgIpc) is 2.50. The standard InChI is InChI=1S/C18H33NO4/c1-2-3-4-5-6-7-8-9-10-11-12-13-16(20)14-17(21)19-15-18(22)23/h7-8,16,20H,2-6,9-15H2,1H3,(H,19,21)(H,22,23). The van der Waals surface area contributed by atoms with Crippen molar-refractivity contribution in [3.63, 3.8) is 0 Å². The molecule has 5 heteroatoms. The van der Waals surface area contributed by atoms with E-state index in [9.17, 15) is 14.7 Å². The summed E-state index contributed by atoms with van der Waals surface area (Å²) in [5.74, 6) is -1.49. The minimum Gasteiger partial charge on any atom is -0.480 e. The van der Waals surface area contributed by atoms with Crippen LogP contribution in [0.15, 0.2) is 12.2 Å². The third-order valence-electron chi connectivity index (χ3n) is 3.66. The Balaban J connectivity index is 3.41. The summed E-state index contributed by atoms with van der Waals surface area (Å²) < 4.78 is 0. The highest BCUT2D eigenvalue weighted by atomic mass is 16.4. The van der Waals surface area contributed by atoms with Gasteiger partial charge < -0.3 is 15.5 Å². The van der Waals surface area contributed by atoms with E-state index in [0.29, 0.717) is 6.42 Å². The SMILES string of the molecule is CCCCCCC=CCCCCCC(O)CC(=O)NCC(=O)O. The fourth-order valence-electron chi connectivity index (χ4n) is 2.31. The molecule has 23 heavy (non-hydrogen) atoms. The third kappa shape index (κ3) is 16.8. The van der Waals surface area contributed by atoms with Crippen molar-refractivity contribution in [2.24, 2.45) is 0 Å². The van der Waals surface area contributed by atoms with E-state index >= 15 is 0 Å². The molecule has 1 unspecified atom stereocenters. The third-order valence-corrected chi connectivity index (χ3v) is 3.66. The zero-order valence-electron chi connectivity index (χ0n) is 14.4. The zero-order valence-corrected chi connectivity index (χ0v) is 14.4. The van der Waals surface area contributed by atoms with E-state index in [-0.39, 0.29) is 6.42 Å². The molecule has 0 rings (SSSR count). The van der Waals surface area contributed by atoms with Gasteiger partial charge in [-0.05, 0) is 32.1 Å². The summed E-state index contributed by atoms with van der Waals surface area (Å²) >= 11 is 0. The van der Waals surface area contributed by atoms with Crippen LogP contribution in [0.4, 0.5) is 0 Å². The second-order valence-electron chi connectivity index (χ2n) is 5.99. The molecule has 0 spiro atoms. The summed E-state index contributed by atoms with van der Waals surface area (Å²) in [5, 5.41) is 20.4. The Morgan fingerprint density at radius 2 is 1.61 bits per heavy atom. The summed E-state index contributed by atoms with van der Waals surface area (Å²) in [6.45, 7) is 1.82. The van der Waals surface area contributed by atoms with Gasteiger partial charge in [0, 0.05) is 0 Å². The van der Waals surface area contributed by atoms with Gasteiger partial charge in [-0.15, -0.1) is 0 Å². The summed E-state index contributed by atoms with van der Waals surface area (Å²) in [6.07, 6.45) is 14.8. The first-order valence-electron chi connectivity index (χ1n) is 8.87. The molecular weight excluding hydrogens is 294 g/mol. The van der Waals surface area contributed by atoms with E-state index in [0.717, 1.165) is 25.7 Å². The van der Waals surface area contributed by atoms with Gasteiger partial charge in [-0.2, -0.15) is 0 Å². The fraction of sp³-hybridized carbons (Fsp3) is 0.778. The predicted molar refractivity (Wildman–Crippen MR) is 92.3 cm³/mol. The highest BCUT2D eigenvalue weighted by Crippen LogP contribution is 2.09. The van der Waals surface area contributed by atoms with Crippen molar-refractivity contribution in [1.82, 2.24) is 5.32 Å². The second kappa shape index (κ2) is 15.5. The van der Waals surface area contributed by atoms with Crippen molar-refractivity contribution in [3.05, 3.63) is 12.2 Å². The largest absolute Gasteiger partial charge is 0.480 e. The maximum Gasteiger partial charge on any atom is 0.322 e. The monoisotopic (exact) mass is 327 g/mol. The molecular formula is C18H33NO4. The lowest BCUT2D eigenvalue weighted by molar-refractivity contribution is -0.138. The van der Waals surface area contributed by atoms with Crippen LogP contribution in [-0.4, -0.2) is 34.7 Å². The number of hydrogen-bond acceptors (Lipinski definition) is 3. The summed E-state index contributed by atoms with van der Waals surface area (Å²) in [4.78, 5) is 21.6. The normalized spacial score (nSPS) is 12.4. The smallest absolute Gasteiger partial charge is 0.322 e. The van der Waals surface area contributed by atoms with Crippen molar-refractivity contribution in [2.75, 3.05) is 6.54 Å². The Bertz CT molecular complexity index is 342. The van der Waals surface area contributed by atoms with E-state index in [1.807, 2.05) is 0 Å². The van der Waals surface area contributed by atoms with Crippen molar-refractivity contribution >= 4 is 11.9 Å². The van der Waals surface area contributed by atoms with Crippen molar-refractivity contribution in [3.8, 4) is 0 Å². The molecule has 0 heterocycles. The first-order chi connectivity index (χ1) is 11.1. The summed E-state index contributed by atoms with van der Waals surface area (Å²) in [6, 6.07) is 0. The maximum absolute atomic E-state index is 11.3. The molecule has 0 aromatic rings. The number of allylic oxidation sites excluding steroid dienone is 2. The molecule has 134 valence electrons. The first kappa shape index (κ1) is 21.6. The van der Waals surface area contributed by atoms with Gasteiger partial charge in [0.15, 0.2) is 0 Å². The van der Waals surface area contributed by atoms with Crippen LogP contribution < -0.4 is 5.32 Å². The molecule has 1 amide bonds. The molecule has 5 nitrogen and oxygen atoms in total. The van der Waals surface area contributed by atoms with Crippen LogP contribution in [0, 0.1) is 0 Å². The Kier molecular flexibility index (Phi) is 14.6. The van der Waals surface area contributed by atoms with Gasteiger partial charge in [0.25, 0.3) is 0 Å². The van der Waals surface area contributed by atoms with Gasteiger partial charge in [0.1, 0.15) is 6.54 Å². The molecule has 0 radical (unpaired) electrons. The Labute approximate surface area is 140 Å². The van der Waals surface area contributed by atoms with Crippen LogP contribution in [0.5, 0.6) is 0 Å². The molecule has 0 saturated carbocycles. The number of unbranched alkanes of at least 4 members (excludes halogenated alkanes) is 7. The molecule has 3 N–H and O–H groups in total. The first-order valence-corrected chi connectivity index (χ1v) is 8.87. The number of aliphatic carboxylic acids is 1. The Morgan fingerprint density at radius 1 is 1.00 bits per heavy atom. The number of carbonyl (C=O) groups is 2. The minimum atomic E-state index is -1.08. The van der Waals surface area contributed by atoms with Crippen LogP contribution in [0.2, 0.25) is 0 Å². The van der Waals surface area contributed by atoms with Gasteiger partial charge in [-0.25, -0.2) is 0 Å². The minimum absolute atomic E-state index is 0.0229. The van der Waals surface area contributed by atoms with Crippen LogP contribution in [-0.2, 0) is 9.59 Å². The van der Waals surface area contributed by atoms with Gasteiger partial charge in [0.05, 0.1) is 12.5 Å². The molecule has 0 bridgehead atoms. The molecule has 0 aliphatic carbocycles. The number of carboxylic acids is 1. The Morgan fingerprint density at radius 3 is 2.17 bits per heavy atom. The van der Waals surface area contributed by atoms with Gasteiger partial charge in [-0.3, -0.25) is 9.59 Å². The van der Waals surface area contributed by atoms with E-state index in [2.05, 4.69) is 24.4 Å². The maximum atomic E-state index is 11.3. The van der Waals surface area contributed by atoms with E-state index in [4.69, 9.17) is 5.11 Å². The fourth-order valence-corrected chi connectivity index (χ4v) is 2.31. The average molecular weight is 327 g/mol. The van der Waals surface area contributed by atoms with Gasteiger partial charge >= 0.3 is 5.97 Å². The number of aliphatic hydroxyl groups is 1. The quantitative estimate of drug-likeness (QED) is 0.318. The molecule has 0 aromatic heterocycles. The second-order valence-corrected chi connectivity index (χ2v) is 5.99. The number of carbonyl (C=O) groups excluding carboxylic acids is 1. The number of aliphatic hydroxyl groups excluding tert-OH is 1. The summed E-state index contributed by atoms with van der Waals surface area (Å²) in [7, 11) is 0. The molecule has 1 atom stereocenters. The van der Waals surface area contributed by atoms with E-state index < -0.39 is 24.5 Å². The van der Waals surface area contributed by atoms with Gasteiger partial charge in [0.2, 0.25) is 5.91 Å². The number of carboxylic acid groups (broad SMARTS) is 1.